The fraction of sp³-hybridized carbons (Fsp3) is 0.211. The monoisotopic (exact) mass is 428 g/mol. The Labute approximate surface area is 174 Å². The summed E-state index contributed by atoms with van der Waals surface area (Å²) in [5.41, 5.74) is 0.155. The number of carbonyl (C=O) groups is 1. The van der Waals surface area contributed by atoms with E-state index in [9.17, 15) is 9.59 Å². The fourth-order valence-corrected chi connectivity index (χ4v) is 4.52. The molecule has 1 amide bonds. The van der Waals surface area contributed by atoms with Gasteiger partial charge in [0.05, 0.1) is 35.6 Å². The maximum Gasteiger partial charge on any atom is 0.283 e. The molecule has 148 valence electrons. The Bertz CT molecular complexity index is 1200. The van der Waals surface area contributed by atoms with Gasteiger partial charge in [0, 0.05) is 5.25 Å². The Balaban J connectivity index is 1.78. The first-order chi connectivity index (χ1) is 13.9. The van der Waals surface area contributed by atoms with E-state index >= 15 is 0 Å². The molecule has 0 saturated carbocycles. The zero-order chi connectivity index (χ0) is 20.7. The Hall–Kier alpha value is -2.85. The van der Waals surface area contributed by atoms with E-state index in [1.807, 2.05) is 13.8 Å². The molecular formula is C19H16N4O4S2. The molecule has 0 fully saturated rings. The molecule has 2 aliphatic heterocycles. The van der Waals surface area contributed by atoms with Crippen molar-refractivity contribution >= 4 is 62.8 Å². The number of aliphatic imine (C=N–C) groups is 1. The van der Waals surface area contributed by atoms with Gasteiger partial charge in [-0.2, -0.15) is 9.39 Å². The van der Waals surface area contributed by atoms with Crippen LogP contribution < -0.4 is 10.2 Å². The van der Waals surface area contributed by atoms with Gasteiger partial charge in [-0.3, -0.25) is 15.0 Å². The highest BCUT2D eigenvalue weighted by molar-refractivity contribution is 8.19. The molecule has 2 aromatic rings. The van der Waals surface area contributed by atoms with Gasteiger partial charge in [0.1, 0.15) is 12.1 Å². The summed E-state index contributed by atoms with van der Waals surface area (Å²) in [6.45, 7) is 4.02. The van der Waals surface area contributed by atoms with E-state index in [1.54, 1.807) is 18.2 Å². The van der Waals surface area contributed by atoms with E-state index < -0.39 is 5.91 Å². The van der Waals surface area contributed by atoms with Crippen LogP contribution in [0.15, 0.2) is 48.6 Å². The van der Waals surface area contributed by atoms with Crippen LogP contribution in [0.4, 0.5) is 0 Å². The lowest BCUT2D eigenvalue weighted by Crippen LogP contribution is -2.42. The van der Waals surface area contributed by atoms with Gasteiger partial charge < -0.3 is 9.15 Å². The summed E-state index contributed by atoms with van der Waals surface area (Å²) in [4.78, 5) is 31.0. The maximum absolute atomic E-state index is 12.9. The van der Waals surface area contributed by atoms with E-state index in [0.29, 0.717) is 27.1 Å². The molecule has 0 spiro atoms. The average molecular weight is 428 g/mol. The van der Waals surface area contributed by atoms with Crippen LogP contribution in [-0.2, 0) is 4.79 Å². The largest absolute Gasteiger partial charge is 0.493 e. The van der Waals surface area contributed by atoms with Gasteiger partial charge in [-0.15, -0.1) is 0 Å². The van der Waals surface area contributed by atoms with Crippen LogP contribution >= 0.6 is 23.7 Å². The number of para-hydroxylation sites is 1. The molecule has 0 unspecified atom stereocenters. The summed E-state index contributed by atoms with van der Waals surface area (Å²) >= 11 is 2.53. The van der Waals surface area contributed by atoms with Crippen LogP contribution in [0.3, 0.4) is 0 Å². The third-order valence-electron chi connectivity index (χ3n) is 4.14. The highest BCUT2D eigenvalue weighted by atomic mass is 32.2. The number of amides is 1. The highest BCUT2D eigenvalue weighted by Gasteiger charge is 2.38. The first-order valence-corrected chi connectivity index (χ1v) is 10.3. The normalized spacial score (nSPS) is 17.8. The number of carbonyl (C=O) groups excluding carboxylic acids is 1. The van der Waals surface area contributed by atoms with Crippen molar-refractivity contribution in [2.45, 2.75) is 19.1 Å². The molecule has 0 bridgehead atoms. The number of hydrogen-bond donors (Lipinski definition) is 1. The molecule has 2 aliphatic rings. The van der Waals surface area contributed by atoms with Crippen molar-refractivity contribution in [2.24, 2.45) is 9.39 Å². The summed E-state index contributed by atoms with van der Waals surface area (Å²) in [6, 6.07) is 5.00. The quantitative estimate of drug-likeness (QED) is 0.588. The van der Waals surface area contributed by atoms with Gasteiger partial charge in [0.25, 0.3) is 5.91 Å². The lowest BCUT2D eigenvalue weighted by atomic mass is 10.1. The van der Waals surface area contributed by atoms with Crippen LogP contribution in [-0.4, -0.2) is 39.3 Å². The van der Waals surface area contributed by atoms with Crippen molar-refractivity contribution in [3.05, 3.63) is 45.8 Å². The Morgan fingerprint density at radius 1 is 1.34 bits per heavy atom. The van der Waals surface area contributed by atoms with Gasteiger partial charge in [0.2, 0.25) is 5.17 Å². The smallest absolute Gasteiger partial charge is 0.283 e. The molecule has 3 heterocycles. The molecule has 29 heavy (non-hydrogen) atoms. The minimum absolute atomic E-state index is 0.00264. The minimum atomic E-state index is -0.593. The minimum Gasteiger partial charge on any atom is -0.493 e. The molecular weight excluding hydrogens is 412 g/mol. The van der Waals surface area contributed by atoms with E-state index in [2.05, 4.69) is 9.39 Å². The molecule has 4 rings (SSSR count). The van der Waals surface area contributed by atoms with Gasteiger partial charge >= 0.3 is 0 Å². The lowest BCUT2D eigenvalue weighted by molar-refractivity contribution is -0.114. The van der Waals surface area contributed by atoms with E-state index in [1.165, 1.54) is 36.1 Å². The third kappa shape index (κ3) is 3.38. The summed E-state index contributed by atoms with van der Waals surface area (Å²) in [5.74, 6) is -0.220. The maximum atomic E-state index is 12.9. The number of thioether (sulfide) groups is 1. The second kappa shape index (κ2) is 7.53. The molecule has 0 aliphatic carbocycles. The van der Waals surface area contributed by atoms with Crippen LogP contribution in [0.2, 0.25) is 0 Å². The average Bonchev–Trinajstić information content (AvgIpc) is 3.08. The topological polar surface area (TPSA) is 108 Å². The first-order valence-electron chi connectivity index (χ1n) is 8.64. The third-order valence-corrected chi connectivity index (χ3v) is 5.92. The molecule has 10 heteroatoms. The van der Waals surface area contributed by atoms with Crippen molar-refractivity contribution in [3.63, 3.8) is 0 Å². The van der Waals surface area contributed by atoms with E-state index in [-0.39, 0.29) is 27.7 Å². The van der Waals surface area contributed by atoms with Crippen LogP contribution in [0.1, 0.15) is 19.4 Å². The number of nitrogens with zero attached hydrogens (tertiary/aromatic N) is 3. The van der Waals surface area contributed by atoms with Gasteiger partial charge in [-0.25, -0.2) is 4.90 Å². The fourth-order valence-electron chi connectivity index (χ4n) is 2.85. The SMILES string of the molecule is COc1cccc2c(=O)c(C=C3C(=N)N4C(=NC3=O)SN=C4SC(C)C)coc12. The number of amidine groups is 3. The summed E-state index contributed by atoms with van der Waals surface area (Å²) in [6.07, 6.45) is 2.60. The predicted octanol–water partition coefficient (Wildman–Crippen LogP) is 3.52. The van der Waals surface area contributed by atoms with Crippen molar-refractivity contribution < 1.29 is 13.9 Å². The molecule has 1 N–H and O–H groups in total. The lowest BCUT2D eigenvalue weighted by Gasteiger charge is -2.24. The van der Waals surface area contributed by atoms with E-state index in [0.717, 1.165) is 11.9 Å². The molecule has 0 saturated heterocycles. The van der Waals surface area contributed by atoms with Crippen molar-refractivity contribution in [2.75, 3.05) is 7.11 Å². The van der Waals surface area contributed by atoms with Gasteiger partial charge in [-0.05, 0) is 18.2 Å². The van der Waals surface area contributed by atoms with Crippen molar-refractivity contribution in [3.8, 4) is 5.75 Å². The van der Waals surface area contributed by atoms with Crippen LogP contribution in [0.5, 0.6) is 5.75 Å². The second-order valence-electron chi connectivity index (χ2n) is 6.43. The van der Waals surface area contributed by atoms with E-state index in [4.69, 9.17) is 14.6 Å². The van der Waals surface area contributed by atoms with Crippen molar-refractivity contribution in [1.82, 2.24) is 4.90 Å². The number of nitrogens with one attached hydrogen (secondary N) is 1. The number of fused-ring (bicyclic) bond motifs is 2. The Morgan fingerprint density at radius 2 is 2.14 bits per heavy atom. The summed E-state index contributed by atoms with van der Waals surface area (Å²) in [7, 11) is 1.49. The number of rotatable bonds is 3. The zero-order valence-corrected chi connectivity index (χ0v) is 17.4. The van der Waals surface area contributed by atoms with Crippen molar-refractivity contribution in [1.29, 1.82) is 5.41 Å². The number of ether oxygens (including phenoxy) is 1. The number of benzene rings is 1. The summed E-state index contributed by atoms with van der Waals surface area (Å²) in [5, 5.41) is 10.0. The molecule has 1 aromatic heterocycles. The zero-order valence-electron chi connectivity index (χ0n) is 15.8. The van der Waals surface area contributed by atoms with Crippen LogP contribution in [0.25, 0.3) is 17.0 Å². The Kier molecular flexibility index (Phi) is 5.05. The number of methoxy groups -OCH3 is 1. The van der Waals surface area contributed by atoms with Crippen LogP contribution in [0, 0.1) is 5.41 Å². The second-order valence-corrected chi connectivity index (χ2v) is 8.70. The van der Waals surface area contributed by atoms with Gasteiger partial charge in [0.15, 0.2) is 21.9 Å². The Morgan fingerprint density at radius 3 is 2.86 bits per heavy atom. The molecule has 8 nitrogen and oxygen atoms in total. The first kappa shape index (κ1) is 19.5. The standard InChI is InChI=1S/C19H16N4O4S2/c1-9(2)28-19-22-29-18-21-17(25)12(16(20)23(18)19)7-10-8-27-15-11(14(10)24)5-4-6-13(15)26-3/h4-9,20H,1-3H3. The molecule has 0 atom stereocenters. The van der Waals surface area contributed by atoms with Gasteiger partial charge in [-0.1, -0.05) is 31.7 Å². The molecule has 1 aromatic carbocycles. The number of hydrogen-bond acceptors (Lipinski definition) is 8. The molecule has 0 radical (unpaired) electrons. The predicted molar refractivity (Wildman–Crippen MR) is 117 cm³/mol. The highest BCUT2D eigenvalue weighted by Crippen LogP contribution is 2.33. The summed E-state index contributed by atoms with van der Waals surface area (Å²) < 4.78 is 15.1.